The Morgan fingerprint density at radius 1 is 1.35 bits per heavy atom. The number of carbonyl (C=O) groups is 1. The number of hydrogen-bond donors (Lipinski definition) is 2. The van der Waals surface area contributed by atoms with Crippen molar-refractivity contribution in [1.29, 1.82) is 0 Å². The van der Waals surface area contributed by atoms with Crippen molar-refractivity contribution in [3.8, 4) is 0 Å². The van der Waals surface area contributed by atoms with Crippen LogP contribution in [0.25, 0.3) is 0 Å². The Hall–Kier alpha value is -1.75. The molecule has 3 rings (SSSR count). The van der Waals surface area contributed by atoms with Crippen LogP contribution in [0, 0.1) is 0 Å². The van der Waals surface area contributed by atoms with Crippen molar-refractivity contribution in [3.63, 3.8) is 0 Å². The first-order valence-corrected chi connectivity index (χ1v) is 7.30. The van der Waals surface area contributed by atoms with Crippen LogP contribution in [0.15, 0.2) is 18.2 Å². The van der Waals surface area contributed by atoms with Gasteiger partial charge in [0.05, 0.1) is 30.6 Å². The maximum atomic E-state index is 11.8. The number of nitrogens with zero attached hydrogens (tertiary/aromatic N) is 1. The van der Waals surface area contributed by atoms with Crippen LogP contribution in [0.2, 0.25) is 0 Å². The Bertz CT molecular complexity index is 500. The monoisotopic (exact) mass is 275 g/mol. The molecular formula is C15H21N3O2. The number of hydrogen-bond acceptors (Lipinski definition) is 4. The molecule has 0 spiro atoms. The summed E-state index contributed by atoms with van der Waals surface area (Å²) in [4.78, 5) is 13.7. The highest BCUT2D eigenvalue weighted by molar-refractivity contribution is 5.96. The lowest BCUT2D eigenvalue weighted by Crippen LogP contribution is -2.40. The molecule has 108 valence electrons. The third-order valence-corrected chi connectivity index (χ3v) is 3.75. The Morgan fingerprint density at radius 2 is 2.20 bits per heavy atom. The standard InChI is InChI=1S/C15H21N3O2/c1-2-16-14-8-12(18-7-3-4-15(18)19)5-6-13(14)17-11-9-20-10-11/h5-6,8,11,16-17H,2-4,7,9-10H2,1H3. The van der Waals surface area contributed by atoms with Crippen LogP contribution in [0.3, 0.4) is 0 Å². The summed E-state index contributed by atoms with van der Waals surface area (Å²) in [5.41, 5.74) is 3.12. The van der Waals surface area contributed by atoms with E-state index in [1.807, 2.05) is 11.0 Å². The van der Waals surface area contributed by atoms with Gasteiger partial charge in [-0.1, -0.05) is 0 Å². The van der Waals surface area contributed by atoms with Crippen molar-refractivity contribution in [2.45, 2.75) is 25.8 Å². The lowest BCUT2D eigenvalue weighted by molar-refractivity contribution is -0.117. The highest BCUT2D eigenvalue weighted by Gasteiger charge is 2.23. The van der Waals surface area contributed by atoms with Crippen LogP contribution in [0.5, 0.6) is 0 Å². The van der Waals surface area contributed by atoms with Gasteiger partial charge in [0.25, 0.3) is 0 Å². The Labute approximate surface area is 119 Å². The zero-order valence-electron chi connectivity index (χ0n) is 11.8. The summed E-state index contributed by atoms with van der Waals surface area (Å²) in [6.45, 7) is 5.28. The van der Waals surface area contributed by atoms with Gasteiger partial charge < -0.3 is 20.3 Å². The lowest BCUT2D eigenvalue weighted by atomic mass is 10.2. The molecule has 0 unspecified atom stereocenters. The van der Waals surface area contributed by atoms with Gasteiger partial charge in [-0.05, 0) is 31.5 Å². The SMILES string of the molecule is CCNc1cc(N2CCCC2=O)ccc1NC1COC1. The summed E-state index contributed by atoms with van der Waals surface area (Å²) in [5, 5.41) is 6.84. The average molecular weight is 275 g/mol. The van der Waals surface area contributed by atoms with Gasteiger partial charge in [-0.15, -0.1) is 0 Å². The van der Waals surface area contributed by atoms with Gasteiger partial charge in [0.15, 0.2) is 0 Å². The molecule has 0 aromatic heterocycles. The number of amides is 1. The number of ether oxygens (including phenoxy) is 1. The van der Waals surface area contributed by atoms with Crippen molar-refractivity contribution in [1.82, 2.24) is 0 Å². The van der Waals surface area contributed by atoms with E-state index in [2.05, 4.69) is 29.7 Å². The fraction of sp³-hybridized carbons (Fsp3) is 0.533. The number of rotatable bonds is 5. The summed E-state index contributed by atoms with van der Waals surface area (Å²) in [6, 6.07) is 6.53. The zero-order chi connectivity index (χ0) is 13.9. The van der Waals surface area contributed by atoms with Crippen LogP contribution in [0.4, 0.5) is 17.1 Å². The maximum absolute atomic E-state index is 11.8. The molecule has 2 fully saturated rings. The van der Waals surface area contributed by atoms with Gasteiger partial charge in [0, 0.05) is 25.2 Å². The predicted octanol–water partition coefficient (Wildman–Crippen LogP) is 2.06. The number of benzene rings is 1. The Balaban J connectivity index is 1.82. The third-order valence-electron chi connectivity index (χ3n) is 3.75. The van der Waals surface area contributed by atoms with E-state index in [9.17, 15) is 4.79 Å². The van der Waals surface area contributed by atoms with Gasteiger partial charge in [0.1, 0.15) is 0 Å². The first kappa shape index (κ1) is 13.2. The molecule has 20 heavy (non-hydrogen) atoms. The van der Waals surface area contributed by atoms with Crippen LogP contribution in [0.1, 0.15) is 19.8 Å². The Morgan fingerprint density at radius 3 is 2.80 bits per heavy atom. The molecule has 0 bridgehead atoms. The molecule has 2 saturated heterocycles. The minimum Gasteiger partial charge on any atom is -0.384 e. The average Bonchev–Trinajstić information content (AvgIpc) is 2.82. The van der Waals surface area contributed by atoms with Crippen molar-refractivity contribution < 1.29 is 9.53 Å². The summed E-state index contributed by atoms with van der Waals surface area (Å²) < 4.78 is 5.19. The number of nitrogens with one attached hydrogen (secondary N) is 2. The highest BCUT2D eigenvalue weighted by atomic mass is 16.5. The van der Waals surface area contributed by atoms with Crippen molar-refractivity contribution in [3.05, 3.63) is 18.2 Å². The van der Waals surface area contributed by atoms with Crippen LogP contribution in [-0.2, 0) is 9.53 Å². The molecule has 1 aromatic carbocycles. The molecule has 1 aromatic rings. The highest BCUT2D eigenvalue weighted by Crippen LogP contribution is 2.31. The topological polar surface area (TPSA) is 53.6 Å². The summed E-state index contributed by atoms with van der Waals surface area (Å²) in [7, 11) is 0. The molecule has 0 atom stereocenters. The normalized spacial score (nSPS) is 19.1. The number of anilines is 3. The summed E-state index contributed by atoms with van der Waals surface area (Å²) in [6.07, 6.45) is 1.62. The lowest BCUT2D eigenvalue weighted by Gasteiger charge is -2.29. The minimum absolute atomic E-state index is 0.223. The first-order valence-electron chi connectivity index (χ1n) is 7.30. The molecular weight excluding hydrogens is 254 g/mol. The molecule has 2 aliphatic heterocycles. The van der Waals surface area contributed by atoms with Gasteiger partial charge in [-0.3, -0.25) is 4.79 Å². The van der Waals surface area contributed by atoms with Crippen molar-refractivity contribution >= 4 is 23.0 Å². The molecule has 1 amide bonds. The fourth-order valence-corrected chi connectivity index (χ4v) is 2.62. The molecule has 2 heterocycles. The second kappa shape index (κ2) is 5.71. The van der Waals surface area contributed by atoms with E-state index in [4.69, 9.17) is 4.74 Å². The second-order valence-corrected chi connectivity index (χ2v) is 5.29. The quantitative estimate of drug-likeness (QED) is 0.863. The molecule has 2 N–H and O–H groups in total. The van der Waals surface area contributed by atoms with Crippen LogP contribution >= 0.6 is 0 Å². The van der Waals surface area contributed by atoms with E-state index in [1.165, 1.54) is 0 Å². The zero-order valence-corrected chi connectivity index (χ0v) is 11.8. The first-order chi connectivity index (χ1) is 9.78. The summed E-state index contributed by atoms with van der Waals surface area (Å²) >= 11 is 0. The van der Waals surface area contributed by atoms with Crippen molar-refractivity contribution in [2.24, 2.45) is 0 Å². The van der Waals surface area contributed by atoms with E-state index >= 15 is 0 Å². The van der Waals surface area contributed by atoms with Crippen LogP contribution < -0.4 is 15.5 Å². The van der Waals surface area contributed by atoms with Crippen LogP contribution in [-0.4, -0.2) is 38.3 Å². The fourth-order valence-electron chi connectivity index (χ4n) is 2.62. The summed E-state index contributed by atoms with van der Waals surface area (Å²) in [5.74, 6) is 0.223. The molecule has 0 radical (unpaired) electrons. The van der Waals surface area contributed by atoms with E-state index in [1.54, 1.807) is 0 Å². The second-order valence-electron chi connectivity index (χ2n) is 5.29. The van der Waals surface area contributed by atoms with E-state index in [-0.39, 0.29) is 5.91 Å². The van der Waals surface area contributed by atoms with Gasteiger partial charge in [0.2, 0.25) is 5.91 Å². The molecule has 5 nitrogen and oxygen atoms in total. The molecule has 5 heteroatoms. The van der Waals surface area contributed by atoms with Crippen molar-refractivity contribution in [2.75, 3.05) is 41.8 Å². The third kappa shape index (κ3) is 2.58. The van der Waals surface area contributed by atoms with Gasteiger partial charge in [-0.2, -0.15) is 0 Å². The predicted molar refractivity (Wildman–Crippen MR) is 80.4 cm³/mol. The largest absolute Gasteiger partial charge is 0.384 e. The van der Waals surface area contributed by atoms with Gasteiger partial charge in [-0.25, -0.2) is 0 Å². The smallest absolute Gasteiger partial charge is 0.227 e. The molecule has 0 saturated carbocycles. The van der Waals surface area contributed by atoms with E-state index < -0.39 is 0 Å². The Kier molecular flexibility index (Phi) is 3.78. The van der Waals surface area contributed by atoms with E-state index in [0.29, 0.717) is 12.5 Å². The molecule has 0 aliphatic carbocycles. The minimum atomic E-state index is 0.223. The maximum Gasteiger partial charge on any atom is 0.227 e. The molecule has 2 aliphatic rings. The van der Waals surface area contributed by atoms with E-state index in [0.717, 1.165) is 49.8 Å². The van der Waals surface area contributed by atoms with Gasteiger partial charge >= 0.3 is 0 Å². The number of carbonyl (C=O) groups excluding carboxylic acids is 1.